The molecule has 0 aromatic heterocycles. The Kier molecular flexibility index (Phi) is 5.64. The Morgan fingerprint density at radius 1 is 1.55 bits per heavy atom. The van der Waals surface area contributed by atoms with E-state index >= 15 is 0 Å². The minimum atomic E-state index is -3.95. The van der Waals surface area contributed by atoms with Gasteiger partial charge in [-0.2, -0.15) is 0 Å². The first-order valence-electron chi connectivity index (χ1n) is 3.00. The van der Waals surface area contributed by atoms with Crippen LogP contribution in [0.3, 0.4) is 0 Å². The second-order valence-corrected chi connectivity index (χ2v) is 7.47. The highest BCUT2D eigenvalue weighted by molar-refractivity contribution is 8.54. The van der Waals surface area contributed by atoms with E-state index in [1.54, 1.807) is 6.92 Å². The smallest absolute Gasteiger partial charge is 0.317 e. The molecule has 0 aromatic rings. The molecule has 2 N–H and O–H groups in total. The Morgan fingerprint density at radius 2 is 2.09 bits per heavy atom. The zero-order chi connectivity index (χ0) is 8.91. The van der Waals surface area contributed by atoms with Crippen molar-refractivity contribution in [2.75, 3.05) is 17.3 Å². The van der Waals surface area contributed by atoms with Gasteiger partial charge in [0.2, 0.25) is 0 Å². The predicted molar refractivity (Wildman–Crippen MR) is 48.1 cm³/mol. The van der Waals surface area contributed by atoms with E-state index in [1.807, 2.05) is 0 Å². The maximum Gasteiger partial charge on any atom is 0.384 e. The molecule has 68 valence electrons. The molecule has 0 aliphatic rings. The van der Waals surface area contributed by atoms with Crippen molar-refractivity contribution < 1.29 is 18.6 Å². The van der Waals surface area contributed by atoms with Crippen LogP contribution in [0.5, 0.6) is 0 Å². The summed E-state index contributed by atoms with van der Waals surface area (Å²) in [6.07, 6.45) is 0. The van der Waals surface area contributed by atoms with Gasteiger partial charge in [0.05, 0.1) is 0 Å². The van der Waals surface area contributed by atoms with Gasteiger partial charge in [-0.05, 0) is 11.4 Å². The Balaban J connectivity index is 3.43. The summed E-state index contributed by atoms with van der Waals surface area (Å²) >= 11 is 0.551. The van der Waals surface area contributed by atoms with E-state index in [0.29, 0.717) is 22.9 Å². The molecule has 0 spiro atoms. The standard InChI is InChI=1S/C4H11O4PS2/c1-2-11(8)4-3-10-9(5,6)7/h2-4H2,1H3,(H2,5,6,7). The average Bonchev–Trinajstić information content (AvgIpc) is 1.85. The van der Waals surface area contributed by atoms with Gasteiger partial charge in [-0.15, -0.1) is 0 Å². The molecule has 0 aliphatic heterocycles. The molecule has 0 amide bonds. The maximum atomic E-state index is 10.7. The highest BCUT2D eigenvalue weighted by Gasteiger charge is 2.13. The van der Waals surface area contributed by atoms with Crippen LogP contribution in [0, 0.1) is 0 Å². The molecule has 1 atom stereocenters. The molecule has 4 nitrogen and oxygen atoms in total. The molecule has 0 fully saturated rings. The topological polar surface area (TPSA) is 74.6 Å². The number of hydrogen-bond donors (Lipinski definition) is 2. The van der Waals surface area contributed by atoms with E-state index in [-0.39, 0.29) is 5.75 Å². The quantitative estimate of drug-likeness (QED) is 0.660. The van der Waals surface area contributed by atoms with Gasteiger partial charge in [0.1, 0.15) is 0 Å². The fourth-order valence-corrected chi connectivity index (χ4v) is 3.35. The highest BCUT2D eigenvalue weighted by Crippen LogP contribution is 2.49. The molecule has 7 heteroatoms. The number of hydrogen-bond acceptors (Lipinski definition) is 3. The summed E-state index contributed by atoms with van der Waals surface area (Å²) in [6, 6.07) is 0. The lowest BCUT2D eigenvalue weighted by atomic mass is 10.9. The molecular weight excluding hydrogens is 207 g/mol. The van der Waals surface area contributed by atoms with Crippen LogP contribution >= 0.6 is 18.2 Å². The summed E-state index contributed by atoms with van der Waals surface area (Å²) in [5.41, 5.74) is 0. The molecular formula is C4H11O4PS2. The molecule has 0 radical (unpaired) electrons. The van der Waals surface area contributed by atoms with Crippen molar-refractivity contribution in [2.45, 2.75) is 6.92 Å². The lowest BCUT2D eigenvalue weighted by Gasteiger charge is -2.01. The van der Waals surface area contributed by atoms with Gasteiger partial charge in [0, 0.05) is 28.1 Å². The van der Waals surface area contributed by atoms with Crippen molar-refractivity contribution in [3.05, 3.63) is 0 Å². The Labute approximate surface area is 72.1 Å². The van der Waals surface area contributed by atoms with Gasteiger partial charge >= 0.3 is 6.80 Å². The van der Waals surface area contributed by atoms with Crippen molar-refractivity contribution in [1.29, 1.82) is 0 Å². The Hall–Kier alpha value is 0.650. The molecule has 1 unspecified atom stereocenters. The van der Waals surface area contributed by atoms with Crippen LogP contribution < -0.4 is 0 Å². The van der Waals surface area contributed by atoms with Crippen LogP contribution in [0.15, 0.2) is 0 Å². The monoisotopic (exact) mass is 218 g/mol. The van der Waals surface area contributed by atoms with E-state index in [1.165, 1.54) is 0 Å². The van der Waals surface area contributed by atoms with Crippen molar-refractivity contribution in [1.82, 2.24) is 0 Å². The van der Waals surface area contributed by atoms with Crippen LogP contribution in [0.4, 0.5) is 0 Å². The lowest BCUT2D eigenvalue weighted by molar-refractivity contribution is 0.397. The van der Waals surface area contributed by atoms with Gasteiger partial charge in [-0.25, -0.2) is 4.57 Å². The summed E-state index contributed by atoms with van der Waals surface area (Å²) in [6.45, 7) is -2.17. The highest BCUT2D eigenvalue weighted by atomic mass is 32.7. The van der Waals surface area contributed by atoms with E-state index in [2.05, 4.69) is 0 Å². The minimum absolute atomic E-state index is 0.255. The third-order valence-electron chi connectivity index (χ3n) is 0.892. The van der Waals surface area contributed by atoms with Crippen LogP contribution in [-0.4, -0.2) is 31.3 Å². The number of rotatable bonds is 5. The minimum Gasteiger partial charge on any atom is -0.317 e. The fraction of sp³-hybridized carbons (Fsp3) is 1.00. The van der Waals surface area contributed by atoms with Crippen molar-refractivity contribution in [2.24, 2.45) is 0 Å². The van der Waals surface area contributed by atoms with E-state index in [9.17, 15) is 8.77 Å². The van der Waals surface area contributed by atoms with Gasteiger partial charge in [0.25, 0.3) is 0 Å². The SMILES string of the molecule is CCS(=O)CCSP(=O)(O)O. The third kappa shape index (κ3) is 8.56. The van der Waals surface area contributed by atoms with Crippen LogP contribution in [0.1, 0.15) is 6.92 Å². The predicted octanol–water partition coefficient (Wildman–Crippen LogP) is 0.581. The summed E-state index contributed by atoms with van der Waals surface area (Å²) in [5.74, 6) is 1.15. The summed E-state index contributed by atoms with van der Waals surface area (Å²) in [7, 11) is -0.926. The molecule has 0 heterocycles. The Morgan fingerprint density at radius 3 is 2.45 bits per heavy atom. The summed E-state index contributed by atoms with van der Waals surface area (Å²) in [4.78, 5) is 16.8. The van der Waals surface area contributed by atoms with Crippen molar-refractivity contribution in [3.8, 4) is 0 Å². The fourth-order valence-electron chi connectivity index (χ4n) is 0.393. The van der Waals surface area contributed by atoms with Gasteiger partial charge in [-0.3, -0.25) is 4.21 Å². The first-order chi connectivity index (χ1) is 4.95. The van der Waals surface area contributed by atoms with E-state index < -0.39 is 17.6 Å². The molecule has 0 saturated carbocycles. The second-order valence-electron chi connectivity index (χ2n) is 1.76. The molecule has 0 aliphatic carbocycles. The van der Waals surface area contributed by atoms with E-state index in [4.69, 9.17) is 9.79 Å². The first-order valence-corrected chi connectivity index (χ1v) is 7.70. The first kappa shape index (κ1) is 11.6. The largest absolute Gasteiger partial charge is 0.384 e. The maximum absolute atomic E-state index is 10.7. The summed E-state index contributed by atoms with van der Waals surface area (Å²) in [5, 5.41) is 0. The van der Waals surface area contributed by atoms with Gasteiger partial charge in [0.15, 0.2) is 0 Å². The molecule has 11 heavy (non-hydrogen) atoms. The Bertz CT molecular complexity index is 177. The zero-order valence-electron chi connectivity index (χ0n) is 6.10. The van der Waals surface area contributed by atoms with Crippen LogP contribution in [0.2, 0.25) is 0 Å². The summed E-state index contributed by atoms with van der Waals surface area (Å²) < 4.78 is 21.0. The van der Waals surface area contributed by atoms with Crippen molar-refractivity contribution in [3.63, 3.8) is 0 Å². The third-order valence-corrected chi connectivity index (χ3v) is 4.73. The molecule has 0 bridgehead atoms. The van der Waals surface area contributed by atoms with Crippen molar-refractivity contribution >= 4 is 29.0 Å². The molecule has 0 aromatic carbocycles. The molecule has 0 saturated heterocycles. The van der Waals surface area contributed by atoms with E-state index in [0.717, 1.165) is 0 Å². The lowest BCUT2D eigenvalue weighted by Crippen LogP contribution is -2.01. The van der Waals surface area contributed by atoms with Crippen LogP contribution in [0.25, 0.3) is 0 Å². The van der Waals surface area contributed by atoms with Crippen LogP contribution in [-0.2, 0) is 15.4 Å². The average molecular weight is 218 g/mol. The zero-order valence-corrected chi connectivity index (χ0v) is 8.62. The second kappa shape index (κ2) is 5.32. The molecule has 0 rings (SSSR count). The van der Waals surface area contributed by atoms with Gasteiger partial charge in [-0.1, -0.05) is 6.92 Å². The normalized spacial score (nSPS) is 14.8. The van der Waals surface area contributed by atoms with Gasteiger partial charge < -0.3 is 9.79 Å².